The highest BCUT2D eigenvalue weighted by molar-refractivity contribution is 5.97. The first kappa shape index (κ1) is 23.9. The molecule has 2 heterocycles. The van der Waals surface area contributed by atoms with Crippen LogP contribution in [0.5, 0.6) is 0 Å². The minimum Gasteiger partial charge on any atom is -0.465 e. The summed E-state index contributed by atoms with van der Waals surface area (Å²) in [6.07, 6.45) is 4.02. The molecule has 36 heavy (non-hydrogen) atoms. The average Bonchev–Trinajstić information content (AvgIpc) is 3.84. The second-order valence-electron chi connectivity index (χ2n) is 8.80. The largest absolute Gasteiger partial charge is 0.465 e. The van der Waals surface area contributed by atoms with Crippen molar-refractivity contribution in [3.8, 4) is 22.5 Å². The van der Waals surface area contributed by atoms with E-state index in [1.165, 1.54) is 19.2 Å². The van der Waals surface area contributed by atoms with E-state index < -0.39 is 11.8 Å². The van der Waals surface area contributed by atoms with Crippen molar-refractivity contribution in [2.45, 2.75) is 44.1 Å². The van der Waals surface area contributed by atoms with Crippen LogP contribution in [0.3, 0.4) is 0 Å². The van der Waals surface area contributed by atoms with Gasteiger partial charge in [0.2, 0.25) is 0 Å². The Bertz CT molecular complexity index is 1390. The molecule has 4 aromatic rings. The summed E-state index contributed by atoms with van der Waals surface area (Å²) in [6, 6.07) is 12.5. The van der Waals surface area contributed by atoms with E-state index in [-0.39, 0.29) is 35.2 Å². The summed E-state index contributed by atoms with van der Waals surface area (Å²) in [5.41, 5.74) is 2.14. The van der Waals surface area contributed by atoms with E-state index >= 15 is 0 Å². The zero-order valence-electron chi connectivity index (χ0n) is 19.5. The molecular weight excluding hydrogens is 470 g/mol. The van der Waals surface area contributed by atoms with Gasteiger partial charge in [-0.05, 0) is 49.9 Å². The Morgan fingerprint density at radius 2 is 1.39 bits per heavy atom. The molecule has 0 bridgehead atoms. The molecule has 0 saturated heterocycles. The van der Waals surface area contributed by atoms with E-state index in [9.17, 15) is 18.7 Å². The number of carbonyl (C=O) groups is 1. The Kier molecular flexibility index (Phi) is 6.65. The van der Waals surface area contributed by atoms with E-state index in [0.29, 0.717) is 34.3 Å². The van der Waals surface area contributed by atoms with Crippen LogP contribution in [0.2, 0.25) is 0 Å². The van der Waals surface area contributed by atoms with Crippen LogP contribution in [-0.4, -0.2) is 28.5 Å². The van der Waals surface area contributed by atoms with Gasteiger partial charge in [0.25, 0.3) is 0 Å². The predicted octanol–water partition coefficient (Wildman–Crippen LogP) is 6.00. The molecule has 1 N–H and O–H groups in total. The number of aliphatic hydroxyl groups is 1. The first-order valence-corrected chi connectivity index (χ1v) is 11.7. The van der Waals surface area contributed by atoms with Crippen LogP contribution >= 0.6 is 0 Å². The fraction of sp³-hybridized carbons (Fsp3) is 0.296. The number of rotatable bonds is 6. The van der Waals surface area contributed by atoms with E-state index in [4.69, 9.17) is 13.8 Å². The summed E-state index contributed by atoms with van der Waals surface area (Å²) in [4.78, 5) is 11.9. The van der Waals surface area contributed by atoms with Crippen molar-refractivity contribution in [3.05, 3.63) is 82.8 Å². The minimum absolute atomic E-state index is 0.168. The molecule has 2 aliphatic carbocycles. The number of halogens is 2. The van der Waals surface area contributed by atoms with Crippen LogP contribution < -0.4 is 0 Å². The van der Waals surface area contributed by atoms with Crippen LogP contribution in [0.15, 0.2) is 57.6 Å². The molecule has 2 aromatic heterocycles. The van der Waals surface area contributed by atoms with Gasteiger partial charge in [0, 0.05) is 28.5 Å². The highest BCUT2D eigenvalue weighted by Gasteiger charge is 2.36. The second-order valence-corrected chi connectivity index (χ2v) is 8.80. The molecule has 7 nitrogen and oxygen atoms in total. The third kappa shape index (κ3) is 4.66. The first-order valence-electron chi connectivity index (χ1n) is 11.7. The molecule has 0 radical (unpaired) electrons. The molecule has 0 spiro atoms. The monoisotopic (exact) mass is 494 g/mol. The molecule has 2 saturated carbocycles. The van der Waals surface area contributed by atoms with Gasteiger partial charge in [-0.15, -0.1) is 0 Å². The maximum atomic E-state index is 13.8. The first-order chi connectivity index (χ1) is 17.5. The Morgan fingerprint density at radius 1 is 0.889 bits per heavy atom. The van der Waals surface area contributed by atoms with Crippen LogP contribution in [0, 0.1) is 11.6 Å². The van der Waals surface area contributed by atoms with Crippen molar-refractivity contribution >= 4 is 5.97 Å². The number of aliphatic hydroxyl groups excluding tert-OH is 1. The molecule has 186 valence electrons. The lowest BCUT2D eigenvalue weighted by Gasteiger charge is -2.02. The van der Waals surface area contributed by atoms with Gasteiger partial charge in [0.15, 0.2) is 5.76 Å². The summed E-state index contributed by atoms with van der Waals surface area (Å²) in [5.74, 6) is 0.436. The van der Waals surface area contributed by atoms with Crippen LogP contribution in [0.4, 0.5) is 8.78 Å². The van der Waals surface area contributed by atoms with Crippen molar-refractivity contribution in [2.24, 2.45) is 0 Å². The molecule has 0 unspecified atom stereocenters. The number of aromatic nitrogens is 2. The van der Waals surface area contributed by atoms with Crippen LogP contribution in [0.1, 0.15) is 65.0 Å². The Morgan fingerprint density at radius 3 is 1.92 bits per heavy atom. The van der Waals surface area contributed by atoms with Gasteiger partial charge in [-0.25, -0.2) is 13.6 Å². The fourth-order valence-corrected chi connectivity index (χ4v) is 4.07. The topological polar surface area (TPSA) is 98.6 Å². The van der Waals surface area contributed by atoms with Crippen molar-refractivity contribution in [1.29, 1.82) is 0 Å². The maximum Gasteiger partial charge on any atom is 0.343 e. The van der Waals surface area contributed by atoms with Crippen molar-refractivity contribution < 1.29 is 32.5 Å². The average molecular weight is 494 g/mol. The Balaban J connectivity index is 0.000000149. The molecule has 2 fully saturated rings. The van der Waals surface area contributed by atoms with Gasteiger partial charge >= 0.3 is 5.97 Å². The van der Waals surface area contributed by atoms with E-state index in [1.54, 1.807) is 36.4 Å². The molecule has 2 aromatic carbocycles. The van der Waals surface area contributed by atoms with Gasteiger partial charge in [-0.3, -0.25) is 0 Å². The van der Waals surface area contributed by atoms with Gasteiger partial charge in [-0.2, -0.15) is 0 Å². The zero-order chi connectivity index (χ0) is 25.2. The fourth-order valence-electron chi connectivity index (χ4n) is 4.07. The number of carbonyl (C=O) groups excluding carboxylic acids is 1. The number of benzene rings is 2. The lowest BCUT2D eigenvalue weighted by Crippen LogP contribution is -2.05. The maximum absolute atomic E-state index is 13.8. The molecule has 0 aliphatic heterocycles. The molecule has 6 rings (SSSR count). The zero-order valence-corrected chi connectivity index (χ0v) is 19.5. The normalized spacial score (nSPS) is 14.8. The molecule has 9 heteroatoms. The number of methoxy groups -OCH3 is 1. The van der Waals surface area contributed by atoms with Crippen molar-refractivity contribution in [2.75, 3.05) is 7.11 Å². The SMILES string of the molecule is COC(=O)c1c(-c2ccccc2F)noc1C1CC1.OCc1c(-c2ccccc2F)noc1C1CC1. The van der Waals surface area contributed by atoms with Crippen molar-refractivity contribution in [3.63, 3.8) is 0 Å². The third-order valence-corrected chi connectivity index (χ3v) is 6.24. The minimum atomic E-state index is -0.540. The summed E-state index contributed by atoms with van der Waals surface area (Å²) < 4.78 is 42.7. The summed E-state index contributed by atoms with van der Waals surface area (Å²) in [5, 5.41) is 17.2. The number of ether oxygens (including phenoxy) is 1. The lowest BCUT2D eigenvalue weighted by atomic mass is 10.0. The molecular formula is C27H24F2N2O5. The second kappa shape index (κ2) is 10.0. The standard InChI is InChI=1S/C14H12FNO3.C13H12FNO2/c1-18-14(17)11-12(9-4-2-3-5-10(9)15)16-19-13(11)8-6-7-8;14-11-4-2-1-3-9(11)12-10(7-16)13(17-15-12)8-5-6-8/h2-5,8H,6-7H2,1H3;1-4,8,16H,5-7H2. The molecule has 2 aliphatic rings. The van der Waals surface area contributed by atoms with Gasteiger partial charge < -0.3 is 18.9 Å². The van der Waals surface area contributed by atoms with E-state index in [0.717, 1.165) is 25.7 Å². The number of hydrogen-bond donors (Lipinski definition) is 1. The predicted molar refractivity (Wildman–Crippen MR) is 125 cm³/mol. The summed E-state index contributed by atoms with van der Waals surface area (Å²) >= 11 is 0. The van der Waals surface area contributed by atoms with Gasteiger partial charge in [0.1, 0.15) is 34.3 Å². The van der Waals surface area contributed by atoms with Gasteiger partial charge in [0.05, 0.1) is 13.7 Å². The molecule has 0 atom stereocenters. The summed E-state index contributed by atoms with van der Waals surface area (Å²) in [6.45, 7) is -0.168. The number of esters is 1. The Hall–Kier alpha value is -3.85. The van der Waals surface area contributed by atoms with E-state index in [2.05, 4.69) is 10.3 Å². The highest BCUT2D eigenvalue weighted by Crippen LogP contribution is 2.45. The van der Waals surface area contributed by atoms with Crippen LogP contribution in [0.25, 0.3) is 22.5 Å². The Labute approximate surface area is 205 Å². The van der Waals surface area contributed by atoms with Gasteiger partial charge in [-0.1, -0.05) is 34.6 Å². The third-order valence-electron chi connectivity index (χ3n) is 6.24. The number of nitrogens with zero attached hydrogens (tertiary/aromatic N) is 2. The van der Waals surface area contributed by atoms with Crippen LogP contribution in [-0.2, 0) is 11.3 Å². The van der Waals surface area contributed by atoms with Crippen molar-refractivity contribution in [1.82, 2.24) is 10.3 Å². The summed E-state index contributed by atoms with van der Waals surface area (Å²) in [7, 11) is 1.29. The van der Waals surface area contributed by atoms with E-state index in [1.807, 2.05) is 0 Å². The lowest BCUT2D eigenvalue weighted by molar-refractivity contribution is 0.0599. The molecule has 0 amide bonds. The number of hydrogen-bond acceptors (Lipinski definition) is 7. The highest BCUT2D eigenvalue weighted by atomic mass is 19.1. The quantitative estimate of drug-likeness (QED) is 0.329. The smallest absolute Gasteiger partial charge is 0.343 e.